The van der Waals surface area contributed by atoms with Crippen LogP contribution in [0.3, 0.4) is 0 Å². The molecular formula is C20H28O4. The maximum atomic E-state index is 12.5. The molecule has 3 unspecified atom stereocenters. The number of fused-ring (bicyclic) bond motifs is 1. The Kier molecular flexibility index (Phi) is 5.68. The molecule has 1 aliphatic heterocycles. The zero-order valence-corrected chi connectivity index (χ0v) is 15.3. The summed E-state index contributed by atoms with van der Waals surface area (Å²) >= 11 is 0. The van der Waals surface area contributed by atoms with Crippen LogP contribution in [0.25, 0.3) is 0 Å². The fraction of sp³-hybridized carbons (Fsp3) is 0.600. The van der Waals surface area contributed by atoms with Crippen LogP contribution < -0.4 is 0 Å². The maximum Gasteiger partial charge on any atom is 0.351 e. The second-order valence-electron chi connectivity index (χ2n) is 7.09. The van der Waals surface area contributed by atoms with Crippen molar-refractivity contribution in [3.05, 3.63) is 34.9 Å². The van der Waals surface area contributed by atoms with E-state index >= 15 is 0 Å². The molecule has 0 aromatic rings. The van der Waals surface area contributed by atoms with Crippen LogP contribution in [0, 0.1) is 5.92 Å². The van der Waals surface area contributed by atoms with Crippen molar-refractivity contribution in [1.82, 2.24) is 0 Å². The van der Waals surface area contributed by atoms with Gasteiger partial charge in [0.1, 0.15) is 6.10 Å². The third kappa shape index (κ3) is 3.80. The first-order chi connectivity index (χ1) is 11.3. The van der Waals surface area contributed by atoms with Crippen molar-refractivity contribution in [1.29, 1.82) is 0 Å². The summed E-state index contributed by atoms with van der Waals surface area (Å²) < 4.78 is 11.2. The van der Waals surface area contributed by atoms with Crippen LogP contribution in [0.5, 0.6) is 0 Å². The van der Waals surface area contributed by atoms with Gasteiger partial charge in [-0.1, -0.05) is 23.3 Å². The van der Waals surface area contributed by atoms with Gasteiger partial charge < -0.3 is 9.47 Å². The number of esters is 2. The zero-order valence-electron chi connectivity index (χ0n) is 15.3. The van der Waals surface area contributed by atoms with Gasteiger partial charge in [0.05, 0.1) is 5.92 Å². The van der Waals surface area contributed by atoms with Crippen LogP contribution in [0.2, 0.25) is 0 Å². The van der Waals surface area contributed by atoms with Crippen molar-refractivity contribution in [2.75, 3.05) is 0 Å². The molecule has 132 valence electrons. The number of hydrogen-bond donors (Lipinski definition) is 0. The monoisotopic (exact) mass is 332 g/mol. The lowest BCUT2D eigenvalue weighted by Gasteiger charge is -2.29. The number of ether oxygens (including phenoxy) is 2. The topological polar surface area (TPSA) is 52.6 Å². The normalized spacial score (nSPS) is 31.5. The lowest BCUT2D eigenvalue weighted by molar-refractivity contribution is -0.170. The van der Waals surface area contributed by atoms with Crippen LogP contribution in [0.1, 0.15) is 60.3 Å². The Morgan fingerprint density at radius 1 is 1.33 bits per heavy atom. The highest BCUT2D eigenvalue weighted by molar-refractivity contribution is 5.92. The average molecular weight is 332 g/mol. The molecule has 1 saturated heterocycles. The number of carbonyl (C=O) groups excluding carboxylic acids is 2. The lowest BCUT2D eigenvalue weighted by Crippen LogP contribution is -2.43. The maximum absolute atomic E-state index is 12.5. The Balaban J connectivity index is 2.33. The number of allylic oxidation sites excluding steroid dienone is 4. The molecule has 3 atom stereocenters. The van der Waals surface area contributed by atoms with Crippen LogP contribution in [-0.4, -0.2) is 23.6 Å². The van der Waals surface area contributed by atoms with Gasteiger partial charge in [0, 0.05) is 5.57 Å². The van der Waals surface area contributed by atoms with E-state index in [0.29, 0.717) is 5.57 Å². The predicted octanol–water partition coefficient (Wildman–Crippen LogP) is 4.26. The smallest absolute Gasteiger partial charge is 0.351 e. The van der Waals surface area contributed by atoms with E-state index in [1.807, 2.05) is 6.08 Å². The molecule has 1 heterocycles. The van der Waals surface area contributed by atoms with Gasteiger partial charge >= 0.3 is 11.9 Å². The van der Waals surface area contributed by atoms with E-state index in [4.69, 9.17) is 9.47 Å². The number of carbonyl (C=O) groups is 2. The van der Waals surface area contributed by atoms with Crippen LogP contribution in [0.15, 0.2) is 34.9 Å². The SMILES string of the molecule is CC=C(C)C(=O)OC1(C)C(=O)OC2C=C(C)CCC=C(C)CCC21. The van der Waals surface area contributed by atoms with Crippen molar-refractivity contribution >= 4 is 11.9 Å². The Hall–Kier alpha value is -1.84. The van der Waals surface area contributed by atoms with Gasteiger partial charge in [-0.2, -0.15) is 0 Å². The molecule has 2 aliphatic rings. The summed E-state index contributed by atoms with van der Waals surface area (Å²) in [7, 11) is 0. The summed E-state index contributed by atoms with van der Waals surface area (Å²) in [4.78, 5) is 24.8. The molecule has 0 bridgehead atoms. The Labute approximate surface area is 144 Å². The molecule has 2 rings (SSSR count). The Bertz CT molecular complexity index is 611. The molecule has 4 nitrogen and oxygen atoms in total. The fourth-order valence-corrected chi connectivity index (χ4v) is 3.28. The molecule has 0 amide bonds. The summed E-state index contributed by atoms with van der Waals surface area (Å²) in [6.45, 7) is 9.32. The third-order valence-corrected chi connectivity index (χ3v) is 5.14. The van der Waals surface area contributed by atoms with Gasteiger partial charge in [-0.15, -0.1) is 0 Å². The first kappa shape index (κ1) is 18.5. The molecule has 24 heavy (non-hydrogen) atoms. The minimum Gasteiger partial charge on any atom is -0.455 e. The largest absolute Gasteiger partial charge is 0.455 e. The summed E-state index contributed by atoms with van der Waals surface area (Å²) in [5, 5.41) is 0. The van der Waals surface area contributed by atoms with E-state index in [0.717, 1.165) is 25.7 Å². The third-order valence-electron chi connectivity index (χ3n) is 5.14. The second-order valence-corrected chi connectivity index (χ2v) is 7.09. The molecular weight excluding hydrogens is 304 g/mol. The quantitative estimate of drug-likeness (QED) is 0.431. The van der Waals surface area contributed by atoms with E-state index in [9.17, 15) is 9.59 Å². The molecule has 0 saturated carbocycles. The van der Waals surface area contributed by atoms with Gasteiger partial charge in [-0.05, 0) is 66.4 Å². The van der Waals surface area contributed by atoms with Gasteiger partial charge in [-0.25, -0.2) is 9.59 Å². The van der Waals surface area contributed by atoms with Crippen molar-refractivity contribution in [2.45, 2.75) is 72.0 Å². The van der Waals surface area contributed by atoms with Crippen molar-refractivity contribution in [3.8, 4) is 0 Å². The number of rotatable bonds is 2. The van der Waals surface area contributed by atoms with Gasteiger partial charge in [0.2, 0.25) is 5.60 Å². The van der Waals surface area contributed by atoms with Crippen LogP contribution in [-0.2, 0) is 19.1 Å². The van der Waals surface area contributed by atoms with Gasteiger partial charge in [0.25, 0.3) is 0 Å². The Morgan fingerprint density at radius 2 is 2.04 bits per heavy atom. The summed E-state index contributed by atoms with van der Waals surface area (Å²) in [6.07, 6.45) is 9.22. The lowest BCUT2D eigenvalue weighted by atomic mass is 9.81. The van der Waals surface area contributed by atoms with Crippen molar-refractivity contribution in [2.24, 2.45) is 5.92 Å². The highest BCUT2D eigenvalue weighted by Gasteiger charge is 2.56. The van der Waals surface area contributed by atoms with E-state index in [1.165, 1.54) is 11.1 Å². The molecule has 0 N–H and O–H groups in total. The predicted molar refractivity (Wildman–Crippen MR) is 93.3 cm³/mol. The van der Waals surface area contributed by atoms with Crippen LogP contribution in [0.4, 0.5) is 0 Å². The Morgan fingerprint density at radius 3 is 2.71 bits per heavy atom. The van der Waals surface area contributed by atoms with E-state index in [-0.39, 0.29) is 12.0 Å². The first-order valence-corrected chi connectivity index (χ1v) is 8.68. The van der Waals surface area contributed by atoms with Crippen molar-refractivity contribution < 1.29 is 19.1 Å². The van der Waals surface area contributed by atoms with Gasteiger partial charge in [0.15, 0.2) is 0 Å². The van der Waals surface area contributed by atoms with E-state index < -0.39 is 17.5 Å². The van der Waals surface area contributed by atoms with E-state index in [1.54, 1.807) is 26.8 Å². The molecule has 0 spiro atoms. The van der Waals surface area contributed by atoms with Gasteiger partial charge in [-0.3, -0.25) is 0 Å². The molecule has 0 radical (unpaired) electrons. The second kappa shape index (κ2) is 7.37. The fourth-order valence-electron chi connectivity index (χ4n) is 3.28. The summed E-state index contributed by atoms with van der Waals surface area (Å²) in [5.41, 5.74) is 1.77. The zero-order chi connectivity index (χ0) is 17.9. The van der Waals surface area contributed by atoms with Crippen LogP contribution >= 0.6 is 0 Å². The standard InChI is InChI=1S/C20H28O4/c1-6-15(4)18(21)24-20(5)16-11-10-13(2)8-7-9-14(3)12-17(16)23-19(20)22/h6,8,12,16-17H,7,9-11H2,1-5H3. The average Bonchev–Trinajstić information content (AvgIpc) is 2.74. The minimum absolute atomic E-state index is 0.171. The molecule has 1 fully saturated rings. The molecule has 0 aromatic carbocycles. The molecule has 1 aliphatic carbocycles. The molecule has 4 heteroatoms. The summed E-state index contributed by atoms with van der Waals surface area (Å²) in [6, 6.07) is 0. The van der Waals surface area contributed by atoms with Crippen molar-refractivity contribution in [3.63, 3.8) is 0 Å². The summed E-state index contributed by atoms with van der Waals surface area (Å²) in [5.74, 6) is -1.07. The van der Waals surface area contributed by atoms with E-state index in [2.05, 4.69) is 19.9 Å². The highest BCUT2D eigenvalue weighted by Crippen LogP contribution is 2.41. The molecule has 0 aromatic heterocycles. The highest BCUT2D eigenvalue weighted by atomic mass is 16.6. The number of hydrogen-bond acceptors (Lipinski definition) is 4. The first-order valence-electron chi connectivity index (χ1n) is 8.68. The minimum atomic E-state index is -1.23.